The molecule has 180 valence electrons. The predicted octanol–water partition coefficient (Wildman–Crippen LogP) is 3.74. The molecule has 33 heavy (non-hydrogen) atoms. The molecule has 0 bridgehead atoms. The standard InChI is InChI=1S/C27H37NO5/c1-15-7-6-8-19-12-23-24(25(29)27(15,19)3)20(26(30)33-23)14-28-13-18-11-22(32-5)21(31-4)10-17(18)9-16(28)2/h8,10-11,15-16,20,23-25,29H,6-7,9,12-14H2,1-5H3/t15-,16+,20+,23-,24+,25+,27-/m1/s1. The lowest BCUT2D eigenvalue weighted by molar-refractivity contribution is -0.145. The Morgan fingerprint density at radius 1 is 1.15 bits per heavy atom. The molecule has 0 spiro atoms. The number of nitrogens with zero attached hydrogens (tertiary/aromatic N) is 1. The molecule has 1 N–H and O–H groups in total. The molecule has 1 aromatic carbocycles. The topological polar surface area (TPSA) is 68.2 Å². The minimum absolute atomic E-state index is 0.148. The molecule has 1 saturated carbocycles. The lowest BCUT2D eigenvalue weighted by atomic mass is 9.55. The number of allylic oxidation sites excluding steroid dienone is 1. The van der Waals surface area contributed by atoms with Crippen molar-refractivity contribution in [3.8, 4) is 11.5 Å². The van der Waals surface area contributed by atoms with E-state index in [1.807, 2.05) is 0 Å². The lowest BCUT2D eigenvalue weighted by Crippen LogP contribution is -2.55. The summed E-state index contributed by atoms with van der Waals surface area (Å²) in [6.45, 7) is 8.00. The highest BCUT2D eigenvalue weighted by molar-refractivity contribution is 5.76. The number of aliphatic hydroxyl groups is 1. The van der Waals surface area contributed by atoms with Crippen LogP contribution in [0.3, 0.4) is 0 Å². The molecule has 6 nitrogen and oxygen atoms in total. The van der Waals surface area contributed by atoms with Crippen LogP contribution in [0.2, 0.25) is 0 Å². The van der Waals surface area contributed by atoms with Gasteiger partial charge in [-0.05, 0) is 55.4 Å². The average molecular weight is 456 g/mol. The van der Waals surface area contributed by atoms with E-state index in [-0.39, 0.29) is 35.4 Å². The largest absolute Gasteiger partial charge is 0.493 e. The quantitative estimate of drug-likeness (QED) is 0.551. The van der Waals surface area contributed by atoms with E-state index in [4.69, 9.17) is 14.2 Å². The number of rotatable bonds is 4. The molecule has 0 radical (unpaired) electrons. The molecule has 0 amide bonds. The van der Waals surface area contributed by atoms with Crippen molar-refractivity contribution in [1.29, 1.82) is 0 Å². The summed E-state index contributed by atoms with van der Waals surface area (Å²) in [5.74, 6) is 1.27. The van der Waals surface area contributed by atoms with Crippen LogP contribution in [0.25, 0.3) is 0 Å². The van der Waals surface area contributed by atoms with Gasteiger partial charge < -0.3 is 19.3 Å². The van der Waals surface area contributed by atoms with Crippen molar-refractivity contribution >= 4 is 5.97 Å². The van der Waals surface area contributed by atoms with E-state index < -0.39 is 6.10 Å². The van der Waals surface area contributed by atoms with Crippen LogP contribution >= 0.6 is 0 Å². The summed E-state index contributed by atoms with van der Waals surface area (Å²) in [5.41, 5.74) is 3.48. The predicted molar refractivity (Wildman–Crippen MR) is 125 cm³/mol. The van der Waals surface area contributed by atoms with E-state index >= 15 is 0 Å². The molecule has 1 aromatic rings. The van der Waals surface area contributed by atoms with Gasteiger partial charge in [0.25, 0.3) is 0 Å². The normalized spacial score (nSPS) is 38.0. The number of hydrogen-bond acceptors (Lipinski definition) is 6. The minimum Gasteiger partial charge on any atom is -0.493 e. The van der Waals surface area contributed by atoms with E-state index in [1.165, 1.54) is 16.7 Å². The summed E-state index contributed by atoms with van der Waals surface area (Å²) >= 11 is 0. The van der Waals surface area contributed by atoms with Crippen LogP contribution in [0.5, 0.6) is 11.5 Å². The summed E-state index contributed by atoms with van der Waals surface area (Å²) in [7, 11) is 3.32. The third kappa shape index (κ3) is 3.48. The van der Waals surface area contributed by atoms with Crippen LogP contribution in [0.15, 0.2) is 23.8 Å². The highest BCUT2D eigenvalue weighted by Gasteiger charge is 2.60. The first-order valence-electron chi connectivity index (χ1n) is 12.3. The molecule has 2 aliphatic heterocycles. The second-order valence-corrected chi connectivity index (χ2v) is 10.8. The van der Waals surface area contributed by atoms with Gasteiger partial charge in [0, 0.05) is 36.9 Å². The molecular formula is C27H37NO5. The number of carbonyl (C=O) groups is 1. The molecule has 2 aliphatic carbocycles. The van der Waals surface area contributed by atoms with Crippen LogP contribution in [-0.2, 0) is 22.5 Å². The van der Waals surface area contributed by atoms with Crippen LogP contribution < -0.4 is 9.47 Å². The molecule has 0 aromatic heterocycles. The number of benzene rings is 1. The Bertz CT molecular complexity index is 974. The number of fused-ring (bicyclic) bond motifs is 3. The first-order valence-corrected chi connectivity index (χ1v) is 12.3. The third-order valence-corrected chi connectivity index (χ3v) is 9.22. The molecule has 2 fully saturated rings. The summed E-state index contributed by atoms with van der Waals surface area (Å²) in [5, 5.41) is 11.6. The number of carbonyl (C=O) groups excluding carboxylic acids is 1. The molecule has 5 rings (SSSR count). The average Bonchev–Trinajstić information content (AvgIpc) is 3.10. The summed E-state index contributed by atoms with van der Waals surface area (Å²) in [6, 6.07) is 4.41. The van der Waals surface area contributed by atoms with Crippen molar-refractivity contribution in [3.63, 3.8) is 0 Å². The molecule has 6 heteroatoms. The van der Waals surface area contributed by atoms with Gasteiger partial charge in [-0.2, -0.15) is 0 Å². The Morgan fingerprint density at radius 3 is 2.55 bits per heavy atom. The second-order valence-electron chi connectivity index (χ2n) is 10.8. The number of esters is 1. The van der Waals surface area contributed by atoms with Gasteiger partial charge in [-0.25, -0.2) is 0 Å². The second kappa shape index (κ2) is 8.31. The highest BCUT2D eigenvalue weighted by Crippen LogP contribution is 2.56. The lowest BCUT2D eigenvalue weighted by Gasteiger charge is -2.52. The Hall–Kier alpha value is -2.05. The van der Waals surface area contributed by atoms with Gasteiger partial charge >= 0.3 is 5.97 Å². The van der Waals surface area contributed by atoms with E-state index in [0.29, 0.717) is 12.5 Å². The smallest absolute Gasteiger partial charge is 0.311 e. The van der Waals surface area contributed by atoms with E-state index in [0.717, 1.165) is 43.7 Å². The summed E-state index contributed by atoms with van der Waals surface area (Å²) < 4.78 is 16.9. The van der Waals surface area contributed by atoms with Crippen molar-refractivity contribution in [2.75, 3.05) is 20.8 Å². The van der Waals surface area contributed by atoms with E-state index in [2.05, 4.69) is 43.9 Å². The Balaban J connectivity index is 1.40. The van der Waals surface area contributed by atoms with Crippen molar-refractivity contribution in [3.05, 3.63) is 34.9 Å². The van der Waals surface area contributed by atoms with Gasteiger partial charge in [-0.3, -0.25) is 9.69 Å². The third-order valence-electron chi connectivity index (χ3n) is 9.22. The zero-order valence-corrected chi connectivity index (χ0v) is 20.5. The molecule has 2 heterocycles. The molecule has 4 aliphatic rings. The first-order chi connectivity index (χ1) is 15.8. The SMILES string of the molecule is COc1cc2c(cc1OC)CN(C[C@@H]1C(=O)O[C@@H]3CC4=CCC[C@@H](C)[C@@]4(C)[C@@H](O)[C@@H]13)[C@@H](C)C2. The zero-order chi connectivity index (χ0) is 23.5. The molecule has 7 atom stereocenters. The van der Waals surface area contributed by atoms with E-state index in [9.17, 15) is 9.90 Å². The first kappa shape index (κ1) is 22.7. The minimum atomic E-state index is -0.564. The fraction of sp³-hybridized carbons (Fsp3) is 0.667. The van der Waals surface area contributed by atoms with Crippen LogP contribution in [0, 0.1) is 23.2 Å². The fourth-order valence-corrected chi connectivity index (χ4v) is 6.89. The van der Waals surface area contributed by atoms with Crippen LogP contribution in [-0.4, -0.2) is 55.0 Å². The fourth-order valence-electron chi connectivity index (χ4n) is 6.89. The Kier molecular flexibility index (Phi) is 5.73. The van der Waals surface area contributed by atoms with Crippen molar-refractivity contribution in [2.24, 2.45) is 23.2 Å². The summed E-state index contributed by atoms with van der Waals surface area (Å²) in [4.78, 5) is 15.4. The van der Waals surface area contributed by atoms with Gasteiger partial charge in [0.15, 0.2) is 11.5 Å². The van der Waals surface area contributed by atoms with Gasteiger partial charge in [-0.15, -0.1) is 0 Å². The number of ether oxygens (including phenoxy) is 3. The maximum Gasteiger partial charge on any atom is 0.311 e. The van der Waals surface area contributed by atoms with Crippen molar-refractivity contribution < 1.29 is 24.1 Å². The number of hydrogen-bond donors (Lipinski definition) is 1. The maximum atomic E-state index is 13.1. The summed E-state index contributed by atoms with van der Waals surface area (Å²) in [6.07, 6.45) is 5.29. The highest BCUT2D eigenvalue weighted by atomic mass is 16.6. The molecular weight excluding hydrogens is 418 g/mol. The molecule has 1 saturated heterocycles. The Labute approximate surface area is 196 Å². The van der Waals surface area contributed by atoms with Gasteiger partial charge in [-0.1, -0.05) is 25.5 Å². The number of methoxy groups -OCH3 is 2. The van der Waals surface area contributed by atoms with Crippen molar-refractivity contribution in [2.45, 2.75) is 71.2 Å². The van der Waals surface area contributed by atoms with Crippen LogP contribution in [0.4, 0.5) is 0 Å². The van der Waals surface area contributed by atoms with Crippen LogP contribution in [0.1, 0.15) is 51.2 Å². The van der Waals surface area contributed by atoms with Crippen molar-refractivity contribution in [1.82, 2.24) is 4.90 Å². The maximum absolute atomic E-state index is 13.1. The van der Waals surface area contributed by atoms with Gasteiger partial charge in [0.1, 0.15) is 6.10 Å². The monoisotopic (exact) mass is 455 g/mol. The van der Waals surface area contributed by atoms with Gasteiger partial charge in [0.2, 0.25) is 0 Å². The Morgan fingerprint density at radius 2 is 1.85 bits per heavy atom. The zero-order valence-electron chi connectivity index (χ0n) is 20.5. The number of aliphatic hydroxyl groups excluding tert-OH is 1. The van der Waals surface area contributed by atoms with E-state index in [1.54, 1.807) is 14.2 Å². The van der Waals surface area contributed by atoms with Gasteiger partial charge in [0.05, 0.1) is 26.2 Å². The molecule has 0 unspecified atom stereocenters.